The predicted octanol–water partition coefficient (Wildman–Crippen LogP) is 3.23. The van der Waals surface area contributed by atoms with Gasteiger partial charge in [0.05, 0.1) is 6.10 Å². The lowest BCUT2D eigenvalue weighted by Gasteiger charge is -2.57. The van der Waals surface area contributed by atoms with Crippen LogP contribution in [0.5, 0.6) is 0 Å². The Morgan fingerprint density at radius 2 is 2.04 bits per heavy atom. The summed E-state index contributed by atoms with van der Waals surface area (Å²) in [6, 6.07) is 0. The molecule has 0 aromatic rings. The highest BCUT2D eigenvalue weighted by atomic mass is 16.3. The summed E-state index contributed by atoms with van der Waals surface area (Å²) in [6.45, 7) is 4.49. The molecule has 0 bridgehead atoms. The smallest absolute Gasteiger partial charge is 0.149 e. The van der Waals surface area contributed by atoms with E-state index in [9.17, 15) is 10.2 Å². The molecule has 2 nitrogen and oxygen atoms in total. The lowest BCUT2D eigenvalue weighted by molar-refractivity contribution is -0.0749. The first-order valence-corrected chi connectivity index (χ1v) is 8.80. The van der Waals surface area contributed by atoms with Crippen LogP contribution in [0.4, 0.5) is 0 Å². The Bertz CT molecular complexity index is 666. The zero-order chi connectivity index (χ0) is 16.5. The molecule has 122 valence electrons. The fourth-order valence-corrected chi connectivity index (χ4v) is 5.93. The van der Waals surface area contributed by atoms with Crippen LogP contribution in [0.1, 0.15) is 39.5 Å². The number of terminal acetylenes is 1. The molecule has 0 spiro atoms. The van der Waals surface area contributed by atoms with Crippen molar-refractivity contribution >= 4 is 0 Å². The summed E-state index contributed by atoms with van der Waals surface area (Å²) in [5, 5.41) is 20.8. The van der Waals surface area contributed by atoms with Crippen LogP contribution in [0.2, 0.25) is 0 Å². The Labute approximate surface area is 139 Å². The first kappa shape index (κ1) is 15.2. The Balaban J connectivity index is 1.74. The first-order valence-electron chi connectivity index (χ1n) is 8.80. The van der Waals surface area contributed by atoms with Gasteiger partial charge >= 0.3 is 0 Å². The Kier molecular flexibility index (Phi) is 3.06. The van der Waals surface area contributed by atoms with Crippen molar-refractivity contribution in [3.63, 3.8) is 0 Å². The van der Waals surface area contributed by atoms with Crippen molar-refractivity contribution in [3.05, 3.63) is 36.0 Å². The van der Waals surface area contributed by atoms with Gasteiger partial charge in [-0.1, -0.05) is 49.6 Å². The van der Waals surface area contributed by atoms with Crippen molar-refractivity contribution in [3.8, 4) is 12.3 Å². The second-order valence-corrected chi connectivity index (χ2v) is 8.40. The molecule has 7 atom stereocenters. The Morgan fingerprint density at radius 1 is 1.26 bits per heavy atom. The van der Waals surface area contributed by atoms with Crippen LogP contribution in [0, 0.1) is 40.9 Å². The molecule has 4 aliphatic carbocycles. The maximum absolute atomic E-state index is 10.9. The summed E-state index contributed by atoms with van der Waals surface area (Å²) in [5.74, 6) is 4.06. The van der Waals surface area contributed by atoms with Gasteiger partial charge < -0.3 is 10.2 Å². The third kappa shape index (κ3) is 1.78. The normalized spacial score (nSPS) is 53.8. The molecule has 0 saturated heterocycles. The molecule has 0 aromatic carbocycles. The van der Waals surface area contributed by atoms with E-state index >= 15 is 0 Å². The van der Waals surface area contributed by atoms with E-state index in [1.807, 2.05) is 12.2 Å². The minimum absolute atomic E-state index is 0.0498. The average molecular weight is 310 g/mol. The Hall–Kier alpha value is -1.30. The van der Waals surface area contributed by atoms with E-state index in [0.717, 1.165) is 25.7 Å². The molecule has 0 aromatic heterocycles. The van der Waals surface area contributed by atoms with Crippen molar-refractivity contribution in [2.45, 2.75) is 51.2 Å². The van der Waals surface area contributed by atoms with Gasteiger partial charge in [0.1, 0.15) is 5.60 Å². The second kappa shape index (κ2) is 4.62. The van der Waals surface area contributed by atoms with Crippen LogP contribution in [0.25, 0.3) is 0 Å². The van der Waals surface area contributed by atoms with Gasteiger partial charge in [-0.2, -0.15) is 0 Å². The van der Waals surface area contributed by atoms with Crippen LogP contribution in [-0.2, 0) is 0 Å². The van der Waals surface area contributed by atoms with Crippen molar-refractivity contribution in [2.24, 2.45) is 28.6 Å². The zero-order valence-electron chi connectivity index (χ0n) is 14.0. The van der Waals surface area contributed by atoms with Gasteiger partial charge in [0.25, 0.3) is 0 Å². The summed E-state index contributed by atoms with van der Waals surface area (Å²) in [5.41, 5.74) is 0.0922. The molecule has 0 amide bonds. The molecule has 4 unspecified atom stereocenters. The maximum Gasteiger partial charge on any atom is 0.149 e. The van der Waals surface area contributed by atoms with E-state index in [2.05, 4.69) is 38.0 Å². The van der Waals surface area contributed by atoms with Crippen molar-refractivity contribution < 1.29 is 10.2 Å². The fraction of sp³-hybridized carbons (Fsp3) is 0.619. The van der Waals surface area contributed by atoms with E-state index in [1.165, 1.54) is 5.57 Å². The lowest BCUT2D eigenvalue weighted by atomic mass is 9.48. The molecule has 0 heterocycles. The molecule has 0 radical (unpaired) electrons. The highest BCUT2D eigenvalue weighted by Crippen LogP contribution is 2.64. The fourth-order valence-electron chi connectivity index (χ4n) is 5.93. The Morgan fingerprint density at radius 3 is 2.78 bits per heavy atom. The van der Waals surface area contributed by atoms with E-state index < -0.39 is 5.60 Å². The summed E-state index contributed by atoms with van der Waals surface area (Å²) < 4.78 is 0. The third-order valence-electron chi connectivity index (χ3n) is 7.52. The molecule has 2 heteroatoms. The number of allylic oxidation sites excluding steroid dienone is 3. The van der Waals surface area contributed by atoms with Crippen LogP contribution in [0.15, 0.2) is 36.0 Å². The summed E-state index contributed by atoms with van der Waals surface area (Å²) >= 11 is 0. The molecule has 23 heavy (non-hydrogen) atoms. The predicted molar refractivity (Wildman–Crippen MR) is 91.3 cm³/mol. The molecule has 2 N–H and O–H groups in total. The first-order chi connectivity index (χ1) is 10.8. The van der Waals surface area contributed by atoms with E-state index in [4.69, 9.17) is 6.42 Å². The number of hydrogen-bond acceptors (Lipinski definition) is 2. The van der Waals surface area contributed by atoms with Crippen LogP contribution in [-0.4, -0.2) is 21.9 Å². The number of rotatable bonds is 0. The molecule has 4 aliphatic rings. The van der Waals surface area contributed by atoms with Crippen LogP contribution >= 0.6 is 0 Å². The second-order valence-electron chi connectivity index (χ2n) is 8.40. The average Bonchev–Trinajstić information content (AvgIpc) is 2.80. The van der Waals surface area contributed by atoms with E-state index in [0.29, 0.717) is 17.8 Å². The zero-order valence-corrected chi connectivity index (χ0v) is 14.0. The highest BCUT2D eigenvalue weighted by molar-refractivity contribution is 5.38. The van der Waals surface area contributed by atoms with Gasteiger partial charge in [-0.25, -0.2) is 0 Å². The number of hydrogen-bond donors (Lipinski definition) is 2. The van der Waals surface area contributed by atoms with Gasteiger partial charge in [0.2, 0.25) is 0 Å². The molecular formula is C21H26O2. The number of fused-ring (bicyclic) bond motifs is 5. The third-order valence-corrected chi connectivity index (χ3v) is 7.52. The minimum atomic E-state index is -1.11. The molecule has 1 fully saturated rings. The molecular weight excluding hydrogens is 284 g/mol. The topological polar surface area (TPSA) is 40.5 Å². The summed E-state index contributed by atoms with van der Waals surface area (Å²) in [7, 11) is 0. The van der Waals surface area contributed by atoms with E-state index in [1.54, 1.807) is 0 Å². The minimum Gasteiger partial charge on any atom is -0.389 e. The van der Waals surface area contributed by atoms with Crippen molar-refractivity contribution in [1.29, 1.82) is 0 Å². The van der Waals surface area contributed by atoms with E-state index in [-0.39, 0.29) is 16.9 Å². The summed E-state index contributed by atoms with van der Waals surface area (Å²) in [4.78, 5) is 0. The van der Waals surface area contributed by atoms with Gasteiger partial charge in [-0.15, -0.1) is 6.42 Å². The lowest BCUT2D eigenvalue weighted by Crippen LogP contribution is -2.54. The SMILES string of the molecule is C#C[C@]1(O)C=CC2C3CC=C4CC(O)C=C[C@]4(C)C3CC[C@@]21C. The quantitative estimate of drug-likeness (QED) is 0.533. The van der Waals surface area contributed by atoms with Gasteiger partial charge in [0, 0.05) is 10.8 Å². The summed E-state index contributed by atoms with van der Waals surface area (Å²) in [6.07, 6.45) is 19.8. The van der Waals surface area contributed by atoms with Crippen LogP contribution in [0.3, 0.4) is 0 Å². The molecule has 1 saturated carbocycles. The van der Waals surface area contributed by atoms with Gasteiger partial charge in [-0.05, 0) is 49.5 Å². The number of aliphatic hydroxyl groups is 2. The standard InChI is InChI=1S/C21H26O2/c1-4-21(23)12-9-18-16-6-5-14-13-15(22)7-10-19(14,2)17(16)8-11-20(18,21)3/h1,5,7,9-10,12,15-18,22-23H,6,8,11,13H2,2-3H3/t15?,16?,17?,18?,19-,20-,21-/m0/s1. The molecule has 4 rings (SSSR count). The number of aliphatic hydroxyl groups excluding tert-OH is 1. The maximum atomic E-state index is 10.9. The van der Waals surface area contributed by atoms with Gasteiger partial charge in [0.15, 0.2) is 0 Å². The molecule has 0 aliphatic heterocycles. The van der Waals surface area contributed by atoms with Crippen LogP contribution < -0.4 is 0 Å². The largest absolute Gasteiger partial charge is 0.389 e. The highest BCUT2D eigenvalue weighted by Gasteiger charge is 2.60. The van der Waals surface area contributed by atoms with Gasteiger partial charge in [-0.3, -0.25) is 0 Å². The van der Waals surface area contributed by atoms with Crippen molar-refractivity contribution in [2.75, 3.05) is 0 Å². The monoisotopic (exact) mass is 310 g/mol. The van der Waals surface area contributed by atoms with Crippen molar-refractivity contribution in [1.82, 2.24) is 0 Å².